The van der Waals surface area contributed by atoms with Crippen LogP contribution in [-0.2, 0) is 17.8 Å². The summed E-state index contributed by atoms with van der Waals surface area (Å²) in [5.74, 6) is -0.1000. The van der Waals surface area contributed by atoms with Gasteiger partial charge in [0.05, 0.1) is 29.1 Å². The second-order valence-corrected chi connectivity index (χ2v) is 10.4. The fourth-order valence-electron chi connectivity index (χ4n) is 4.81. The predicted octanol–water partition coefficient (Wildman–Crippen LogP) is 5.33. The lowest BCUT2D eigenvalue weighted by Crippen LogP contribution is -2.36. The Balaban J connectivity index is 1.36. The van der Waals surface area contributed by atoms with E-state index in [9.17, 15) is 9.18 Å². The molecule has 2 aromatic heterocycles. The number of morpholine rings is 1. The van der Waals surface area contributed by atoms with E-state index in [0.29, 0.717) is 47.6 Å². The molecule has 0 unspecified atom stereocenters. The number of anilines is 1. The van der Waals surface area contributed by atoms with Crippen molar-refractivity contribution in [2.45, 2.75) is 19.4 Å². The summed E-state index contributed by atoms with van der Waals surface area (Å²) in [5.41, 5.74) is 5.19. The second-order valence-electron chi connectivity index (χ2n) is 9.55. The van der Waals surface area contributed by atoms with Crippen LogP contribution in [0.25, 0.3) is 5.65 Å². The van der Waals surface area contributed by atoms with Gasteiger partial charge in [-0.05, 0) is 57.2 Å². The van der Waals surface area contributed by atoms with Gasteiger partial charge in [0.1, 0.15) is 18.1 Å². The molecule has 0 bridgehead atoms. The molecule has 6 rings (SSSR count). The Hall–Kier alpha value is -3.82. The minimum Gasteiger partial charge on any atom is -0.481 e. The Morgan fingerprint density at radius 2 is 1.79 bits per heavy atom. The first-order chi connectivity index (χ1) is 19.0. The van der Waals surface area contributed by atoms with E-state index in [4.69, 9.17) is 14.5 Å². The lowest BCUT2D eigenvalue weighted by molar-refractivity contribution is 0.122. The number of rotatable bonds is 7. The number of benzene rings is 2. The summed E-state index contributed by atoms with van der Waals surface area (Å²) in [6.07, 6.45) is 4.77. The number of hydrogen-bond acceptors (Lipinski definition) is 6. The van der Waals surface area contributed by atoms with Gasteiger partial charge in [0.15, 0.2) is 5.65 Å². The molecule has 7 nitrogen and oxygen atoms in total. The molecular weight excluding hydrogens is 563 g/mol. The van der Waals surface area contributed by atoms with Crippen molar-refractivity contribution >= 4 is 33.0 Å². The molecule has 4 heterocycles. The molecule has 2 aliphatic heterocycles. The maximum atomic E-state index is 13.9. The van der Waals surface area contributed by atoms with E-state index in [-0.39, 0.29) is 23.7 Å². The highest BCUT2D eigenvalue weighted by Gasteiger charge is 2.24. The largest absolute Gasteiger partial charge is 0.481 e. The van der Waals surface area contributed by atoms with Crippen LogP contribution in [0, 0.1) is 5.82 Å². The molecule has 1 fully saturated rings. The van der Waals surface area contributed by atoms with E-state index in [1.807, 2.05) is 42.6 Å². The third kappa shape index (κ3) is 5.51. The molecular formula is C30H26BrFN4O3. The molecule has 198 valence electrons. The van der Waals surface area contributed by atoms with Crippen molar-refractivity contribution in [3.05, 3.63) is 116 Å². The first kappa shape index (κ1) is 25.5. The molecule has 39 heavy (non-hydrogen) atoms. The maximum absolute atomic E-state index is 13.9. The minimum absolute atomic E-state index is 0.164. The molecule has 2 aliphatic rings. The quantitative estimate of drug-likeness (QED) is 0.292. The van der Waals surface area contributed by atoms with Gasteiger partial charge in [0.25, 0.3) is 0 Å². The lowest BCUT2D eigenvalue weighted by atomic mass is 10.0. The van der Waals surface area contributed by atoms with Gasteiger partial charge >= 0.3 is 5.56 Å². The van der Waals surface area contributed by atoms with Gasteiger partial charge < -0.3 is 14.4 Å². The summed E-state index contributed by atoms with van der Waals surface area (Å²) in [6, 6.07) is 18.1. The van der Waals surface area contributed by atoms with Crippen LogP contribution in [0.3, 0.4) is 0 Å². The molecule has 0 radical (unpaired) electrons. The SMILES string of the molecule is O=c1c(OCc2ccccc2)c(C2=NC=C(Cc3ccc(F)cc3)C2)nc2c(Br)cc(N3CCOCC3)cn12. The molecule has 0 atom stereocenters. The summed E-state index contributed by atoms with van der Waals surface area (Å²) >= 11 is 3.65. The highest BCUT2D eigenvalue weighted by molar-refractivity contribution is 9.10. The number of pyridine rings is 1. The van der Waals surface area contributed by atoms with Crippen molar-refractivity contribution in [1.82, 2.24) is 9.38 Å². The van der Waals surface area contributed by atoms with Crippen LogP contribution < -0.4 is 15.2 Å². The van der Waals surface area contributed by atoms with Crippen LogP contribution in [0.1, 0.15) is 23.2 Å². The number of ether oxygens (including phenoxy) is 2. The van der Waals surface area contributed by atoms with E-state index in [1.54, 1.807) is 22.7 Å². The lowest BCUT2D eigenvalue weighted by Gasteiger charge is -2.29. The first-order valence-corrected chi connectivity index (χ1v) is 13.6. The molecule has 0 N–H and O–H groups in total. The highest BCUT2D eigenvalue weighted by Crippen LogP contribution is 2.29. The van der Waals surface area contributed by atoms with Crippen LogP contribution in [0.5, 0.6) is 5.75 Å². The zero-order valence-corrected chi connectivity index (χ0v) is 22.7. The molecule has 0 spiro atoms. The smallest absolute Gasteiger partial charge is 0.301 e. The number of nitrogens with zero attached hydrogens (tertiary/aromatic N) is 4. The van der Waals surface area contributed by atoms with Crippen molar-refractivity contribution in [3.63, 3.8) is 0 Å². The Kier molecular flexibility index (Phi) is 7.26. The van der Waals surface area contributed by atoms with Gasteiger partial charge in [0, 0.05) is 31.9 Å². The number of halogens is 2. The van der Waals surface area contributed by atoms with Crippen LogP contribution in [0.4, 0.5) is 10.1 Å². The monoisotopic (exact) mass is 588 g/mol. The van der Waals surface area contributed by atoms with Gasteiger partial charge in [-0.2, -0.15) is 0 Å². The molecule has 0 amide bonds. The summed E-state index contributed by atoms with van der Waals surface area (Å²) in [7, 11) is 0. The van der Waals surface area contributed by atoms with Gasteiger partial charge in [-0.25, -0.2) is 9.37 Å². The number of allylic oxidation sites excluding steroid dienone is 1. The van der Waals surface area contributed by atoms with Gasteiger partial charge in [0.2, 0.25) is 5.75 Å². The molecule has 1 saturated heterocycles. The number of aromatic nitrogens is 2. The van der Waals surface area contributed by atoms with E-state index in [2.05, 4.69) is 25.8 Å². The van der Waals surface area contributed by atoms with Crippen LogP contribution >= 0.6 is 15.9 Å². The predicted molar refractivity (Wildman–Crippen MR) is 152 cm³/mol. The van der Waals surface area contributed by atoms with Gasteiger partial charge in [-0.1, -0.05) is 42.5 Å². The van der Waals surface area contributed by atoms with Gasteiger partial charge in [-0.3, -0.25) is 14.2 Å². The second kappa shape index (κ2) is 11.1. The fraction of sp³-hybridized carbons (Fsp3) is 0.233. The Labute approximate surface area is 233 Å². The molecule has 2 aromatic carbocycles. The van der Waals surface area contributed by atoms with Gasteiger partial charge in [-0.15, -0.1) is 0 Å². The number of fused-ring (bicyclic) bond motifs is 1. The van der Waals surface area contributed by atoms with Crippen molar-refractivity contribution in [3.8, 4) is 5.75 Å². The van der Waals surface area contributed by atoms with Crippen molar-refractivity contribution < 1.29 is 13.9 Å². The molecule has 4 aromatic rings. The topological polar surface area (TPSA) is 68.4 Å². The zero-order chi connectivity index (χ0) is 26.8. The molecule has 9 heteroatoms. The van der Waals surface area contributed by atoms with Crippen LogP contribution in [0.15, 0.2) is 92.9 Å². The summed E-state index contributed by atoms with van der Waals surface area (Å²) < 4.78 is 27.3. The Morgan fingerprint density at radius 1 is 1.03 bits per heavy atom. The van der Waals surface area contributed by atoms with E-state index in [1.165, 1.54) is 12.1 Å². The van der Waals surface area contributed by atoms with Crippen LogP contribution in [-0.4, -0.2) is 41.4 Å². The normalized spacial score (nSPS) is 15.4. The van der Waals surface area contributed by atoms with Crippen molar-refractivity contribution in [2.24, 2.45) is 4.99 Å². The average molecular weight is 589 g/mol. The highest BCUT2D eigenvalue weighted by atomic mass is 79.9. The van der Waals surface area contributed by atoms with E-state index in [0.717, 1.165) is 35.5 Å². The zero-order valence-electron chi connectivity index (χ0n) is 21.1. The first-order valence-electron chi connectivity index (χ1n) is 12.8. The van der Waals surface area contributed by atoms with Crippen LogP contribution in [0.2, 0.25) is 0 Å². The molecule has 0 aliphatic carbocycles. The Bertz CT molecular complexity index is 1630. The maximum Gasteiger partial charge on any atom is 0.301 e. The number of aliphatic imine (C=N–C) groups is 1. The summed E-state index contributed by atoms with van der Waals surface area (Å²) in [6.45, 7) is 2.99. The third-order valence-corrected chi connectivity index (χ3v) is 7.42. The summed E-state index contributed by atoms with van der Waals surface area (Å²) in [4.78, 5) is 25.7. The standard InChI is InChI=1S/C30H26BrFN4O3/c31-25-16-24(35-10-12-38-13-11-35)18-36-29(25)34-27(28(30(36)37)39-19-21-4-2-1-3-5-21)26-15-22(17-33-26)14-20-6-8-23(32)9-7-20/h1-9,16-18H,10-15,19H2. The van der Waals surface area contributed by atoms with Crippen molar-refractivity contribution in [1.29, 1.82) is 0 Å². The molecule has 0 saturated carbocycles. The average Bonchev–Trinajstić information content (AvgIpc) is 3.43. The van der Waals surface area contributed by atoms with E-state index < -0.39 is 0 Å². The minimum atomic E-state index is -0.295. The van der Waals surface area contributed by atoms with Crippen molar-refractivity contribution in [2.75, 3.05) is 31.2 Å². The fourth-order valence-corrected chi connectivity index (χ4v) is 5.33. The summed E-state index contributed by atoms with van der Waals surface area (Å²) in [5, 5.41) is 0. The Morgan fingerprint density at radius 3 is 2.56 bits per heavy atom. The van der Waals surface area contributed by atoms with E-state index >= 15 is 0 Å². The third-order valence-electron chi connectivity index (χ3n) is 6.84. The number of hydrogen-bond donors (Lipinski definition) is 0.